The van der Waals surface area contributed by atoms with Gasteiger partial charge in [0.05, 0.1) is 12.0 Å². The van der Waals surface area contributed by atoms with E-state index in [2.05, 4.69) is 61.0 Å². The number of nitriles is 1. The Bertz CT molecular complexity index is 442. The van der Waals surface area contributed by atoms with E-state index in [1.807, 2.05) is 0 Å². The van der Waals surface area contributed by atoms with Crippen molar-refractivity contribution < 1.29 is 0 Å². The Morgan fingerprint density at radius 1 is 1.40 bits per heavy atom. The van der Waals surface area contributed by atoms with Crippen LogP contribution in [0.2, 0.25) is 0 Å². The van der Waals surface area contributed by atoms with E-state index < -0.39 is 0 Å². The highest BCUT2D eigenvalue weighted by atomic mass is 79.9. The van der Waals surface area contributed by atoms with E-state index >= 15 is 0 Å². The fraction of sp³-hybridized carbons (Fsp3) is 0.462. The van der Waals surface area contributed by atoms with Crippen molar-refractivity contribution >= 4 is 15.9 Å². The molecule has 0 aliphatic heterocycles. The van der Waals surface area contributed by atoms with Crippen LogP contribution in [-0.4, -0.2) is 0 Å². The molecule has 0 radical (unpaired) electrons. The van der Waals surface area contributed by atoms with Crippen LogP contribution < -0.4 is 0 Å². The normalized spacial score (nSPS) is 27.1. The third kappa shape index (κ3) is 1.59. The smallest absolute Gasteiger partial charge is 0.0668 e. The summed E-state index contributed by atoms with van der Waals surface area (Å²) in [6, 6.07) is 8.73. The van der Waals surface area contributed by atoms with E-state index in [9.17, 15) is 0 Å². The molecular weight excluding hydrogens is 250 g/mol. The lowest BCUT2D eigenvalue weighted by atomic mass is 9.99. The summed E-state index contributed by atoms with van der Waals surface area (Å²) in [5, 5.41) is 9.06. The minimum atomic E-state index is 0.146. The van der Waals surface area contributed by atoms with Crippen LogP contribution in [0.4, 0.5) is 0 Å². The highest BCUT2D eigenvalue weighted by Gasteiger charge is 2.59. The van der Waals surface area contributed by atoms with Crippen molar-refractivity contribution in [3.63, 3.8) is 0 Å². The predicted octanol–water partition coefficient (Wildman–Crippen LogP) is 4.02. The number of hydrogen-bond acceptors (Lipinski definition) is 1. The topological polar surface area (TPSA) is 23.8 Å². The Hall–Kier alpha value is -0.810. The Morgan fingerprint density at radius 2 is 2.07 bits per heavy atom. The van der Waals surface area contributed by atoms with Crippen LogP contribution in [0.15, 0.2) is 22.7 Å². The number of halogens is 1. The molecule has 1 aliphatic carbocycles. The van der Waals surface area contributed by atoms with Crippen LogP contribution in [0.1, 0.15) is 30.9 Å². The molecule has 2 heteroatoms. The van der Waals surface area contributed by atoms with Gasteiger partial charge in [-0.2, -0.15) is 5.26 Å². The Balaban J connectivity index is 2.38. The third-order valence-electron chi connectivity index (χ3n) is 3.53. The van der Waals surface area contributed by atoms with Gasteiger partial charge in [0.25, 0.3) is 0 Å². The van der Waals surface area contributed by atoms with Crippen LogP contribution in [0, 0.1) is 29.6 Å². The molecule has 0 heterocycles. The second-order valence-electron chi connectivity index (χ2n) is 4.91. The molecule has 0 spiro atoms. The first-order valence-corrected chi connectivity index (χ1v) is 5.93. The second-order valence-corrected chi connectivity index (χ2v) is 5.82. The Morgan fingerprint density at radius 3 is 2.53 bits per heavy atom. The summed E-state index contributed by atoms with van der Waals surface area (Å²) in [7, 11) is 0. The summed E-state index contributed by atoms with van der Waals surface area (Å²) in [4.78, 5) is 0. The van der Waals surface area contributed by atoms with Crippen LogP contribution in [0.3, 0.4) is 0 Å². The molecule has 1 aromatic rings. The molecule has 1 nitrogen and oxygen atoms in total. The zero-order valence-electron chi connectivity index (χ0n) is 9.21. The van der Waals surface area contributed by atoms with Gasteiger partial charge >= 0.3 is 0 Å². The van der Waals surface area contributed by atoms with Crippen molar-refractivity contribution in [2.75, 3.05) is 0 Å². The summed E-state index contributed by atoms with van der Waals surface area (Å²) >= 11 is 3.46. The van der Waals surface area contributed by atoms with Crippen molar-refractivity contribution in [3.8, 4) is 6.07 Å². The summed E-state index contributed by atoms with van der Waals surface area (Å²) in [6.45, 7) is 6.46. The van der Waals surface area contributed by atoms with Crippen molar-refractivity contribution in [3.05, 3.63) is 33.8 Å². The molecule has 2 unspecified atom stereocenters. The number of nitrogens with zero attached hydrogens (tertiary/aromatic N) is 1. The van der Waals surface area contributed by atoms with Gasteiger partial charge in [0, 0.05) is 10.4 Å². The van der Waals surface area contributed by atoms with Crippen LogP contribution in [0.5, 0.6) is 0 Å². The lowest BCUT2D eigenvalue weighted by Crippen LogP contribution is -1.92. The molecule has 15 heavy (non-hydrogen) atoms. The van der Waals surface area contributed by atoms with Gasteiger partial charge in [0.2, 0.25) is 0 Å². The van der Waals surface area contributed by atoms with Gasteiger partial charge in [-0.3, -0.25) is 0 Å². The molecule has 0 amide bonds. The van der Waals surface area contributed by atoms with Crippen molar-refractivity contribution in [1.29, 1.82) is 5.26 Å². The van der Waals surface area contributed by atoms with Crippen LogP contribution in [0.25, 0.3) is 0 Å². The predicted molar refractivity (Wildman–Crippen MR) is 64.5 cm³/mol. The molecule has 0 saturated heterocycles. The minimum absolute atomic E-state index is 0.146. The summed E-state index contributed by atoms with van der Waals surface area (Å²) in [6.07, 6.45) is 0. The fourth-order valence-corrected chi connectivity index (χ4v) is 2.92. The van der Waals surface area contributed by atoms with Crippen molar-refractivity contribution in [2.45, 2.75) is 26.7 Å². The number of hydrogen-bond donors (Lipinski definition) is 0. The average molecular weight is 264 g/mol. The quantitative estimate of drug-likeness (QED) is 0.751. The van der Waals surface area contributed by atoms with Gasteiger partial charge in [-0.25, -0.2) is 0 Å². The molecule has 0 N–H and O–H groups in total. The largest absolute Gasteiger partial charge is 0.198 e. The molecule has 0 aromatic heterocycles. The molecule has 1 fully saturated rings. The monoisotopic (exact) mass is 263 g/mol. The summed E-state index contributed by atoms with van der Waals surface area (Å²) in [5.74, 6) is 0.591. The highest BCUT2D eigenvalue weighted by Crippen LogP contribution is 2.64. The van der Waals surface area contributed by atoms with Crippen LogP contribution in [-0.2, 0) is 0 Å². The third-order valence-corrected chi connectivity index (χ3v) is 4.03. The number of aryl methyl sites for hydroxylation is 1. The maximum Gasteiger partial charge on any atom is 0.0668 e. The molecule has 2 atom stereocenters. The number of benzene rings is 1. The SMILES string of the molecule is Cc1cc(Br)ccc1C1C(C#N)C1(C)C. The van der Waals surface area contributed by atoms with E-state index in [1.165, 1.54) is 11.1 Å². The van der Waals surface area contributed by atoms with Crippen molar-refractivity contribution in [1.82, 2.24) is 0 Å². The zero-order valence-corrected chi connectivity index (χ0v) is 10.8. The highest BCUT2D eigenvalue weighted by molar-refractivity contribution is 9.10. The molecular formula is C13H14BrN. The Labute approximate surface area is 99.2 Å². The molecule has 1 saturated carbocycles. The Kier molecular flexibility index (Phi) is 2.39. The van der Waals surface area contributed by atoms with Gasteiger partial charge in [-0.05, 0) is 35.6 Å². The lowest BCUT2D eigenvalue weighted by Gasteiger charge is -2.07. The van der Waals surface area contributed by atoms with Gasteiger partial charge in [-0.1, -0.05) is 35.8 Å². The van der Waals surface area contributed by atoms with Gasteiger partial charge in [0.15, 0.2) is 0 Å². The zero-order chi connectivity index (χ0) is 11.2. The summed E-state index contributed by atoms with van der Waals surface area (Å²) < 4.78 is 1.11. The first kappa shape index (κ1) is 10.7. The van der Waals surface area contributed by atoms with E-state index in [4.69, 9.17) is 5.26 Å². The molecule has 1 aromatic carbocycles. The maximum atomic E-state index is 9.06. The molecule has 78 valence electrons. The molecule has 2 rings (SSSR count). The van der Waals surface area contributed by atoms with Gasteiger partial charge < -0.3 is 0 Å². The fourth-order valence-electron chi connectivity index (χ4n) is 2.45. The van der Waals surface area contributed by atoms with E-state index in [1.54, 1.807) is 0 Å². The standard InChI is InChI=1S/C13H14BrN/c1-8-6-9(14)4-5-10(8)12-11(7-15)13(12,2)3/h4-6,11-12H,1-3H3. The first-order valence-electron chi connectivity index (χ1n) is 5.14. The average Bonchev–Trinajstić information content (AvgIpc) is 2.68. The van der Waals surface area contributed by atoms with Gasteiger partial charge in [0.1, 0.15) is 0 Å². The van der Waals surface area contributed by atoms with E-state index in [-0.39, 0.29) is 11.3 Å². The van der Waals surface area contributed by atoms with Gasteiger partial charge in [-0.15, -0.1) is 0 Å². The summed E-state index contributed by atoms with van der Waals surface area (Å²) in [5.41, 5.74) is 2.75. The molecule has 1 aliphatic rings. The first-order chi connectivity index (χ1) is 6.98. The second kappa shape index (κ2) is 3.35. The minimum Gasteiger partial charge on any atom is -0.198 e. The van der Waals surface area contributed by atoms with Crippen LogP contribution >= 0.6 is 15.9 Å². The van der Waals surface area contributed by atoms with Crippen molar-refractivity contribution in [2.24, 2.45) is 11.3 Å². The maximum absolute atomic E-state index is 9.06. The van der Waals surface area contributed by atoms with E-state index in [0.29, 0.717) is 5.92 Å². The molecule has 0 bridgehead atoms. The number of rotatable bonds is 1. The lowest BCUT2D eigenvalue weighted by molar-refractivity contribution is 0.596. The van der Waals surface area contributed by atoms with E-state index in [0.717, 1.165) is 4.47 Å².